The summed E-state index contributed by atoms with van der Waals surface area (Å²) < 4.78 is 2.19. The van der Waals surface area contributed by atoms with Gasteiger partial charge in [-0.1, -0.05) is 18.2 Å². The molecular weight excluding hydrogens is 238 g/mol. The molecule has 0 saturated heterocycles. The number of aromatic nitrogens is 1. The quantitative estimate of drug-likeness (QED) is 0.833. The van der Waals surface area contributed by atoms with Crippen molar-refractivity contribution in [2.75, 3.05) is 6.54 Å². The van der Waals surface area contributed by atoms with Crippen LogP contribution in [0.4, 0.5) is 0 Å². The first-order valence-corrected chi connectivity index (χ1v) is 6.54. The molecule has 1 unspecified atom stereocenters. The molecule has 0 spiro atoms. The van der Waals surface area contributed by atoms with Gasteiger partial charge >= 0.3 is 0 Å². The van der Waals surface area contributed by atoms with Crippen LogP contribution >= 0.6 is 0 Å². The maximum absolute atomic E-state index is 10.7. The van der Waals surface area contributed by atoms with E-state index in [9.17, 15) is 4.79 Å². The van der Waals surface area contributed by atoms with Crippen LogP contribution in [0.2, 0.25) is 0 Å². The van der Waals surface area contributed by atoms with Crippen molar-refractivity contribution in [2.24, 2.45) is 12.0 Å². The van der Waals surface area contributed by atoms with Crippen molar-refractivity contribution in [1.82, 2.24) is 9.88 Å². The van der Waals surface area contributed by atoms with Crippen molar-refractivity contribution in [3.05, 3.63) is 35.5 Å². The van der Waals surface area contributed by atoms with E-state index in [0.29, 0.717) is 0 Å². The molecule has 0 saturated carbocycles. The maximum atomic E-state index is 10.7. The average Bonchev–Trinajstić information content (AvgIpc) is 2.74. The number of aryl methyl sites for hydroxylation is 1. The number of rotatable bonds is 3. The normalized spacial score (nSPS) is 15.8. The molecule has 0 bridgehead atoms. The predicted molar refractivity (Wildman–Crippen MR) is 76.7 cm³/mol. The summed E-state index contributed by atoms with van der Waals surface area (Å²) in [4.78, 5) is 15.3. The van der Waals surface area contributed by atoms with Gasteiger partial charge in [0.15, 0.2) is 0 Å². The molecule has 0 aliphatic carbocycles. The van der Waals surface area contributed by atoms with Gasteiger partial charge in [0.1, 0.15) is 0 Å². The van der Waals surface area contributed by atoms with Crippen LogP contribution in [0.15, 0.2) is 29.3 Å². The van der Waals surface area contributed by atoms with E-state index in [1.54, 1.807) is 0 Å². The highest BCUT2D eigenvalue weighted by atomic mass is 16.1. The van der Waals surface area contributed by atoms with Gasteiger partial charge in [-0.15, -0.1) is 0 Å². The Hall–Kier alpha value is -2.10. The van der Waals surface area contributed by atoms with Crippen LogP contribution in [0.1, 0.15) is 18.2 Å². The number of nitrogens with one attached hydrogen (secondary N) is 1. The van der Waals surface area contributed by atoms with Gasteiger partial charge < -0.3 is 9.88 Å². The van der Waals surface area contributed by atoms with Crippen LogP contribution in [-0.2, 0) is 18.3 Å². The Morgan fingerprint density at radius 3 is 3.00 bits per heavy atom. The van der Waals surface area contributed by atoms with Gasteiger partial charge in [-0.2, -0.15) is 0 Å². The standard InChI is InChI=1S/C15H17N3O/c1-10(17-9-19)14-15-12(7-8-16-14)11-5-3-4-6-13(11)18(15)2/h3-6,9-10H,7-8H2,1-2H3,(H,17,19). The fourth-order valence-corrected chi connectivity index (χ4v) is 2.94. The minimum Gasteiger partial charge on any atom is -0.351 e. The van der Waals surface area contributed by atoms with Crippen LogP contribution in [0.25, 0.3) is 10.9 Å². The fourth-order valence-electron chi connectivity index (χ4n) is 2.94. The van der Waals surface area contributed by atoms with E-state index in [-0.39, 0.29) is 6.04 Å². The second-order valence-electron chi connectivity index (χ2n) is 4.93. The number of para-hydroxylation sites is 1. The third kappa shape index (κ3) is 1.75. The van der Waals surface area contributed by atoms with Crippen LogP contribution in [0.5, 0.6) is 0 Å². The number of hydrogen-bond donors (Lipinski definition) is 1. The molecule has 2 heterocycles. The Morgan fingerprint density at radius 1 is 1.42 bits per heavy atom. The summed E-state index contributed by atoms with van der Waals surface area (Å²) in [6.45, 7) is 2.77. The Balaban J connectivity index is 2.21. The Labute approximate surface area is 112 Å². The molecule has 1 N–H and O–H groups in total. The van der Waals surface area contributed by atoms with E-state index in [2.05, 4.69) is 46.2 Å². The van der Waals surface area contributed by atoms with Gasteiger partial charge in [-0.3, -0.25) is 9.79 Å². The molecule has 3 rings (SSSR count). The third-order valence-corrected chi connectivity index (χ3v) is 3.83. The summed E-state index contributed by atoms with van der Waals surface area (Å²) in [6, 6.07) is 8.36. The van der Waals surface area contributed by atoms with Crippen LogP contribution in [0.3, 0.4) is 0 Å². The molecule has 4 heteroatoms. The number of carbonyl (C=O) groups excluding carboxylic acids is 1. The van der Waals surface area contributed by atoms with E-state index in [1.165, 1.54) is 16.5 Å². The molecule has 1 amide bonds. The van der Waals surface area contributed by atoms with Crippen molar-refractivity contribution in [1.29, 1.82) is 0 Å². The summed E-state index contributed by atoms with van der Waals surface area (Å²) >= 11 is 0. The molecule has 19 heavy (non-hydrogen) atoms. The van der Waals surface area contributed by atoms with Crippen molar-refractivity contribution in [2.45, 2.75) is 19.4 Å². The lowest BCUT2D eigenvalue weighted by Gasteiger charge is -2.20. The molecule has 1 atom stereocenters. The molecule has 0 fully saturated rings. The molecule has 98 valence electrons. The lowest BCUT2D eigenvalue weighted by atomic mass is 9.99. The number of benzene rings is 1. The van der Waals surface area contributed by atoms with Crippen LogP contribution in [0, 0.1) is 0 Å². The summed E-state index contributed by atoms with van der Waals surface area (Å²) in [5.41, 5.74) is 4.71. The zero-order chi connectivity index (χ0) is 13.4. The van der Waals surface area contributed by atoms with Gasteiger partial charge in [0.25, 0.3) is 0 Å². The van der Waals surface area contributed by atoms with Crippen molar-refractivity contribution in [3.63, 3.8) is 0 Å². The van der Waals surface area contributed by atoms with Gasteiger partial charge in [-0.25, -0.2) is 0 Å². The molecule has 0 radical (unpaired) electrons. The second kappa shape index (κ2) is 4.53. The zero-order valence-corrected chi connectivity index (χ0v) is 11.2. The second-order valence-corrected chi connectivity index (χ2v) is 4.93. The summed E-state index contributed by atoms with van der Waals surface area (Å²) in [5.74, 6) is 0. The monoisotopic (exact) mass is 255 g/mol. The van der Waals surface area contributed by atoms with Gasteiger partial charge in [0.05, 0.1) is 17.4 Å². The van der Waals surface area contributed by atoms with E-state index < -0.39 is 0 Å². The van der Waals surface area contributed by atoms with E-state index in [4.69, 9.17) is 0 Å². The number of aliphatic imine (C=N–C) groups is 1. The Morgan fingerprint density at radius 2 is 2.21 bits per heavy atom. The predicted octanol–water partition coefficient (Wildman–Crippen LogP) is 1.66. The molecular formula is C15H17N3O. The third-order valence-electron chi connectivity index (χ3n) is 3.83. The van der Waals surface area contributed by atoms with Gasteiger partial charge in [0.2, 0.25) is 6.41 Å². The lowest BCUT2D eigenvalue weighted by molar-refractivity contribution is -0.109. The Kier molecular flexibility index (Phi) is 2.85. The van der Waals surface area contributed by atoms with Crippen molar-refractivity contribution >= 4 is 23.0 Å². The molecule has 1 aromatic heterocycles. The Bertz CT molecular complexity index is 669. The van der Waals surface area contributed by atoms with Crippen LogP contribution in [-0.4, -0.2) is 29.3 Å². The smallest absolute Gasteiger partial charge is 0.207 e. The number of fused-ring (bicyclic) bond motifs is 3. The lowest BCUT2D eigenvalue weighted by Crippen LogP contribution is -2.36. The fraction of sp³-hybridized carbons (Fsp3) is 0.333. The topological polar surface area (TPSA) is 46.4 Å². The first-order chi connectivity index (χ1) is 9.24. The SMILES string of the molecule is CC(NC=O)C1=NCCc2c1n(C)c1ccccc21. The first-order valence-electron chi connectivity index (χ1n) is 6.54. The van der Waals surface area contributed by atoms with E-state index in [1.807, 2.05) is 6.92 Å². The average molecular weight is 255 g/mol. The number of amides is 1. The maximum Gasteiger partial charge on any atom is 0.207 e. The zero-order valence-electron chi connectivity index (χ0n) is 11.2. The molecule has 1 aliphatic rings. The minimum absolute atomic E-state index is 0.0560. The highest BCUT2D eigenvalue weighted by Crippen LogP contribution is 2.29. The summed E-state index contributed by atoms with van der Waals surface area (Å²) in [6.07, 6.45) is 1.71. The summed E-state index contributed by atoms with van der Waals surface area (Å²) in [5, 5.41) is 4.10. The van der Waals surface area contributed by atoms with Gasteiger partial charge in [-0.05, 0) is 25.0 Å². The largest absolute Gasteiger partial charge is 0.351 e. The van der Waals surface area contributed by atoms with E-state index >= 15 is 0 Å². The van der Waals surface area contributed by atoms with Crippen molar-refractivity contribution in [3.8, 4) is 0 Å². The van der Waals surface area contributed by atoms with Crippen molar-refractivity contribution < 1.29 is 4.79 Å². The van der Waals surface area contributed by atoms with E-state index in [0.717, 1.165) is 30.8 Å². The first kappa shape index (κ1) is 12.0. The molecule has 4 nitrogen and oxygen atoms in total. The molecule has 1 aromatic carbocycles. The number of hydrogen-bond acceptors (Lipinski definition) is 2. The summed E-state index contributed by atoms with van der Waals surface area (Å²) in [7, 11) is 2.07. The highest BCUT2D eigenvalue weighted by Gasteiger charge is 2.25. The minimum atomic E-state index is -0.0560. The van der Waals surface area contributed by atoms with Crippen LogP contribution < -0.4 is 5.32 Å². The number of nitrogens with zero attached hydrogens (tertiary/aromatic N) is 2. The molecule has 2 aromatic rings. The number of carbonyl (C=O) groups is 1. The van der Waals surface area contributed by atoms with Gasteiger partial charge in [0, 0.05) is 24.5 Å². The highest BCUT2D eigenvalue weighted by molar-refractivity contribution is 6.09. The molecule has 1 aliphatic heterocycles.